The highest BCUT2D eigenvalue weighted by atomic mass is 19.1. The summed E-state index contributed by atoms with van der Waals surface area (Å²) >= 11 is 0. The Morgan fingerprint density at radius 1 is 1.00 bits per heavy atom. The third-order valence-corrected chi connectivity index (χ3v) is 5.99. The summed E-state index contributed by atoms with van der Waals surface area (Å²) in [4.78, 5) is 17.0. The Labute approximate surface area is 143 Å². The number of amides is 1. The molecule has 0 unspecified atom stereocenters. The number of carbonyl (C=O) groups excluding carboxylic acids is 1. The largest absolute Gasteiger partial charge is 0.371 e. The molecule has 5 heteroatoms. The van der Waals surface area contributed by atoms with E-state index < -0.39 is 0 Å². The topological polar surface area (TPSA) is 35.6 Å². The molecule has 0 radical (unpaired) electrons. The van der Waals surface area contributed by atoms with Crippen molar-refractivity contribution in [2.45, 2.75) is 38.5 Å². The van der Waals surface area contributed by atoms with Gasteiger partial charge in [-0.2, -0.15) is 0 Å². The van der Waals surface area contributed by atoms with Crippen molar-refractivity contribution in [2.75, 3.05) is 42.5 Å². The molecule has 3 aliphatic rings. The Morgan fingerprint density at radius 3 is 2.46 bits per heavy atom. The Balaban J connectivity index is 1.59. The minimum Gasteiger partial charge on any atom is -0.371 e. The number of rotatable bonds is 2. The van der Waals surface area contributed by atoms with Gasteiger partial charge < -0.3 is 15.1 Å². The smallest absolute Gasteiger partial charge is 0.233 e. The molecule has 4 rings (SSSR count). The highest BCUT2D eigenvalue weighted by molar-refractivity contribution is 5.98. The van der Waals surface area contributed by atoms with Gasteiger partial charge in [0.05, 0.1) is 11.1 Å². The van der Waals surface area contributed by atoms with Crippen LogP contribution in [0.1, 0.15) is 38.5 Å². The molecule has 3 heterocycles. The molecule has 1 aromatic carbocycles. The van der Waals surface area contributed by atoms with Gasteiger partial charge >= 0.3 is 0 Å². The summed E-state index contributed by atoms with van der Waals surface area (Å²) in [7, 11) is 0. The van der Waals surface area contributed by atoms with Crippen LogP contribution in [0.4, 0.5) is 15.8 Å². The van der Waals surface area contributed by atoms with Crippen molar-refractivity contribution in [3.63, 3.8) is 0 Å². The SMILES string of the molecule is O=C1N(c2ccc(N3CCCC3)cc2F)CCCC12CCNCC2. The zero-order valence-corrected chi connectivity index (χ0v) is 14.2. The van der Waals surface area contributed by atoms with E-state index >= 15 is 0 Å². The minimum absolute atomic E-state index is 0.128. The number of carbonyl (C=O) groups is 1. The third kappa shape index (κ3) is 2.69. The van der Waals surface area contributed by atoms with Gasteiger partial charge in [-0.15, -0.1) is 0 Å². The molecule has 3 fully saturated rings. The molecule has 1 amide bonds. The molecule has 24 heavy (non-hydrogen) atoms. The summed E-state index contributed by atoms with van der Waals surface area (Å²) in [5.74, 6) is -0.137. The fraction of sp³-hybridized carbons (Fsp3) is 0.632. The zero-order valence-electron chi connectivity index (χ0n) is 14.2. The van der Waals surface area contributed by atoms with Gasteiger partial charge in [0.25, 0.3) is 0 Å². The Kier molecular flexibility index (Phi) is 4.21. The van der Waals surface area contributed by atoms with E-state index in [0.29, 0.717) is 12.2 Å². The summed E-state index contributed by atoms with van der Waals surface area (Å²) in [6, 6.07) is 5.39. The molecule has 3 saturated heterocycles. The number of piperidine rings is 2. The van der Waals surface area contributed by atoms with Gasteiger partial charge in [-0.25, -0.2) is 4.39 Å². The van der Waals surface area contributed by atoms with Crippen LogP contribution >= 0.6 is 0 Å². The standard InChI is InChI=1S/C19H26FN3O/c20-16-14-15(22-11-1-2-12-22)4-5-17(16)23-13-3-6-19(18(23)24)7-9-21-10-8-19/h4-5,14,21H,1-3,6-13H2. The number of nitrogens with one attached hydrogen (secondary N) is 1. The van der Waals surface area contributed by atoms with Crippen LogP contribution in [-0.4, -0.2) is 38.6 Å². The van der Waals surface area contributed by atoms with E-state index in [9.17, 15) is 9.18 Å². The molecule has 0 aliphatic carbocycles. The van der Waals surface area contributed by atoms with Crippen LogP contribution in [0.25, 0.3) is 0 Å². The molecular formula is C19H26FN3O. The lowest BCUT2D eigenvalue weighted by molar-refractivity contribution is -0.132. The second-order valence-corrected chi connectivity index (χ2v) is 7.42. The first-order valence-electron chi connectivity index (χ1n) is 9.27. The highest BCUT2D eigenvalue weighted by Gasteiger charge is 2.45. The number of anilines is 2. The first-order valence-corrected chi connectivity index (χ1v) is 9.27. The van der Waals surface area contributed by atoms with Crippen molar-refractivity contribution in [3.8, 4) is 0 Å². The van der Waals surface area contributed by atoms with Crippen molar-refractivity contribution < 1.29 is 9.18 Å². The van der Waals surface area contributed by atoms with Crippen molar-refractivity contribution in [3.05, 3.63) is 24.0 Å². The summed E-state index contributed by atoms with van der Waals surface area (Å²) in [5, 5.41) is 3.33. The summed E-state index contributed by atoms with van der Waals surface area (Å²) < 4.78 is 14.8. The van der Waals surface area contributed by atoms with Crippen LogP contribution in [-0.2, 0) is 4.79 Å². The molecule has 130 valence electrons. The van der Waals surface area contributed by atoms with Gasteiger partial charge in [0.15, 0.2) is 0 Å². The summed E-state index contributed by atoms with van der Waals surface area (Å²) in [6.45, 7) is 4.40. The fourth-order valence-electron chi connectivity index (χ4n) is 4.56. The van der Waals surface area contributed by atoms with Crippen LogP contribution in [0.15, 0.2) is 18.2 Å². The van der Waals surface area contributed by atoms with E-state index in [-0.39, 0.29) is 17.1 Å². The number of nitrogens with zero attached hydrogens (tertiary/aromatic N) is 2. The quantitative estimate of drug-likeness (QED) is 0.905. The number of hydrogen-bond donors (Lipinski definition) is 1. The maximum Gasteiger partial charge on any atom is 0.233 e. The first-order chi connectivity index (χ1) is 11.7. The second kappa shape index (κ2) is 6.36. The Morgan fingerprint density at radius 2 is 1.75 bits per heavy atom. The maximum atomic E-state index is 14.8. The van der Waals surface area contributed by atoms with Crippen LogP contribution in [0.2, 0.25) is 0 Å². The predicted molar refractivity (Wildman–Crippen MR) is 94.0 cm³/mol. The number of benzene rings is 1. The first kappa shape index (κ1) is 15.9. The normalized spacial score (nSPS) is 24.0. The van der Waals surface area contributed by atoms with E-state index in [1.54, 1.807) is 17.0 Å². The molecular weight excluding hydrogens is 305 g/mol. The van der Waals surface area contributed by atoms with Gasteiger partial charge in [0.1, 0.15) is 5.82 Å². The number of halogens is 1. The van der Waals surface area contributed by atoms with E-state index in [2.05, 4.69) is 10.2 Å². The van der Waals surface area contributed by atoms with Crippen molar-refractivity contribution in [2.24, 2.45) is 5.41 Å². The second-order valence-electron chi connectivity index (χ2n) is 7.42. The molecule has 1 spiro atoms. The predicted octanol–water partition coefficient (Wildman–Crippen LogP) is 2.92. The Bertz CT molecular complexity index is 616. The van der Waals surface area contributed by atoms with Crippen LogP contribution in [0, 0.1) is 11.2 Å². The van der Waals surface area contributed by atoms with Gasteiger partial charge in [-0.3, -0.25) is 4.79 Å². The lowest BCUT2D eigenvalue weighted by Crippen LogP contribution is -2.53. The molecule has 0 bridgehead atoms. The van der Waals surface area contributed by atoms with E-state index in [0.717, 1.165) is 57.5 Å². The van der Waals surface area contributed by atoms with Crippen LogP contribution in [0.5, 0.6) is 0 Å². The van der Waals surface area contributed by atoms with Crippen LogP contribution < -0.4 is 15.1 Å². The molecule has 0 aromatic heterocycles. The van der Waals surface area contributed by atoms with Crippen molar-refractivity contribution in [1.82, 2.24) is 5.32 Å². The lowest BCUT2D eigenvalue weighted by atomic mass is 9.72. The summed E-state index contributed by atoms with van der Waals surface area (Å²) in [5.41, 5.74) is 1.12. The molecule has 0 saturated carbocycles. The Hall–Kier alpha value is -1.62. The van der Waals surface area contributed by atoms with Crippen molar-refractivity contribution >= 4 is 17.3 Å². The maximum absolute atomic E-state index is 14.8. The van der Waals surface area contributed by atoms with Gasteiger partial charge in [-0.05, 0) is 69.8 Å². The van der Waals surface area contributed by atoms with Gasteiger partial charge in [0, 0.05) is 25.3 Å². The fourth-order valence-corrected chi connectivity index (χ4v) is 4.56. The van der Waals surface area contributed by atoms with Crippen LogP contribution in [0.3, 0.4) is 0 Å². The van der Waals surface area contributed by atoms with E-state index in [1.807, 2.05) is 6.07 Å². The molecule has 0 atom stereocenters. The average molecular weight is 331 g/mol. The molecule has 4 nitrogen and oxygen atoms in total. The van der Waals surface area contributed by atoms with Gasteiger partial charge in [0.2, 0.25) is 5.91 Å². The van der Waals surface area contributed by atoms with E-state index in [4.69, 9.17) is 0 Å². The third-order valence-electron chi connectivity index (χ3n) is 5.99. The zero-order chi connectivity index (χ0) is 16.6. The van der Waals surface area contributed by atoms with Gasteiger partial charge in [-0.1, -0.05) is 0 Å². The highest BCUT2D eigenvalue weighted by Crippen LogP contribution is 2.41. The average Bonchev–Trinajstić information content (AvgIpc) is 3.13. The minimum atomic E-state index is -0.274. The molecule has 3 aliphatic heterocycles. The number of hydrogen-bond acceptors (Lipinski definition) is 3. The molecule has 1 N–H and O–H groups in total. The monoisotopic (exact) mass is 331 g/mol. The van der Waals surface area contributed by atoms with Crippen molar-refractivity contribution in [1.29, 1.82) is 0 Å². The summed E-state index contributed by atoms with van der Waals surface area (Å²) in [6.07, 6.45) is 5.98. The lowest BCUT2D eigenvalue weighted by Gasteiger charge is -2.44. The molecule has 1 aromatic rings. The van der Waals surface area contributed by atoms with E-state index in [1.165, 1.54) is 12.8 Å².